The summed E-state index contributed by atoms with van der Waals surface area (Å²) in [6, 6.07) is 13.3. The van der Waals surface area contributed by atoms with Crippen molar-refractivity contribution in [2.75, 3.05) is 36.0 Å². The highest BCUT2D eigenvalue weighted by Crippen LogP contribution is 2.26. The fourth-order valence-electron chi connectivity index (χ4n) is 3.61. The summed E-state index contributed by atoms with van der Waals surface area (Å²) in [5.41, 5.74) is 3.82. The van der Waals surface area contributed by atoms with Gasteiger partial charge in [-0.25, -0.2) is 9.97 Å². The van der Waals surface area contributed by atoms with Gasteiger partial charge >= 0.3 is 0 Å². The lowest BCUT2D eigenvalue weighted by Gasteiger charge is -2.35. The van der Waals surface area contributed by atoms with Crippen LogP contribution in [-0.4, -0.2) is 51.2 Å². The first-order valence-electron chi connectivity index (χ1n) is 9.58. The van der Waals surface area contributed by atoms with Gasteiger partial charge in [-0.3, -0.25) is 9.97 Å². The molecule has 1 fully saturated rings. The maximum atomic E-state index is 9.51. The molecule has 7 nitrogen and oxygen atoms in total. The van der Waals surface area contributed by atoms with Gasteiger partial charge in [0.15, 0.2) is 0 Å². The van der Waals surface area contributed by atoms with E-state index < -0.39 is 0 Å². The summed E-state index contributed by atoms with van der Waals surface area (Å²) in [4.78, 5) is 22.5. The second-order valence-corrected chi connectivity index (χ2v) is 7.02. The molecule has 3 heterocycles. The molecule has 5 rings (SSSR count). The molecule has 2 aromatic heterocycles. The molecular weight excluding hydrogens is 364 g/mol. The van der Waals surface area contributed by atoms with E-state index >= 15 is 0 Å². The molecule has 1 saturated heterocycles. The van der Waals surface area contributed by atoms with Gasteiger partial charge in [0.2, 0.25) is 0 Å². The predicted octanol–water partition coefficient (Wildman–Crippen LogP) is 3.12. The highest BCUT2D eigenvalue weighted by Gasteiger charge is 2.19. The minimum atomic E-state index is 0.261. The van der Waals surface area contributed by atoms with E-state index in [9.17, 15) is 5.11 Å². The van der Waals surface area contributed by atoms with Crippen molar-refractivity contribution in [3.05, 3.63) is 67.3 Å². The Morgan fingerprint density at radius 1 is 0.690 bits per heavy atom. The van der Waals surface area contributed by atoms with Crippen LogP contribution in [0.25, 0.3) is 22.2 Å². The standard InChI is InChI=1S/C22H20N6O/c29-18-4-1-16(2-5-18)17-3-6-19-20(13-17)26-22(15-25-19)28-11-9-27(10-12-28)21-14-23-7-8-24-21/h1-8,13-15,29H,9-12H2. The number of piperazine rings is 1. The van der Waals surface area contributed by atoms with Crippen molar-refractivity contribution in [3.8, 4) is 16.9 Å². The summed E-state index contributed by atoms with van der Waals surface area (Å²) in [6.07, 6.45) is 7.07. The number of hydrogen-bond acceptors (Lipinski definition) is 7. The molecule has 2 aromatic carbocycles. The third-order valence-corrected chi connectivity index (χ3v) is 5.21. The highest BCUT2D eigenvalue weighted by atomic mass is 16.3. The second kappa shape index (κ2) is 7.35. The van der Waals surface area contributed by atoms with Gasteiger partial charge in [-0.15, -0.1) is 0 Å². The minimum absolute atomic E-state index is 0.261. The number of aromatic hydroxyl groups is 1. The summed E-state index contributed by atoms with van der Waals surface area (Å²) < 4.78 is 0. The lowest BCUT2D eigenvalue weighted by molar-refractivity contribution is 0.475. The van der Waals surface area contributed by atoms with Crippen LogP contribution in [0.4, 0.5) is 11.6 Å². The number of fused-ring (bicyclic) bond motifs is 1. The van der Waals surface area contributed by atoms with Crippen LogP contribution in [0.1, 0.15) is 0 Å². The van der Waals surface area contributed by atoms with Crippen LogP contribution in [-0.2, 0) is 0 Å². The zero-order valence-corrected chi connectivity index (χ0v) is 15.8. The van der Waals surface area contributed by atoms with Crippen molar-refractivity contribution in [1.29, 1.82) is 0 Å². The van der Waals surface area contributed by atoms with Gasteiger partial charge in [0.25, 0.3) is 0 Å². The molecule has 0 spiro atoms. The summed E-state index contributed by atoms with van der Waals surface area (Å²) in [5.74, 6) is 2.06. The Balaban J connectivity index is 1.37. The topological polar surface area (TPSA) is 78.3 Å². The zero-order valence-electron chi connectivity index (χ0n) is 15.8. The molecule has 0 amide bonds. The van der Waals surface area contributed by atoms with Crippen LogP contribution < -0.4 is 9.80 Å². The van der Waals surface area contributed by atoms with Gasteiger partial charge in [0.1, 0.15) is 17.4 Å². The van der Waals surface area contributed by atoms with Crippen LogP contribution in [0.2, 0.25) is 0 Å². The number of phenols is 1. The van der Waals surface area contributed by atoms with E-state index in [1.165, 1.54) is 0 Å². The Morgan fingerprint density at radius 2 is 1.41 bits per heavy atom. The van der Waals surface area contributed by atoms with Crippen molar-refractivity contribution in [2.24, 2.45) is 0 Å². The molecule has 1 N–H and O–H groups in total. The third kappa shape index (κ3) is 3.54. The fourth-order valence-corrected chi connectivity index (χ4v) is 3.61. The Hall–Kier alpha value is -3.74. The Kier molecular flexibility index (Phi) is 4.40. The van der Waals surface area contributed by atoms with Gasteiger partial charge in [-0.05, 0) is 35.4 Å². The fraction of sp³-hybridized carbons (Fsp3) is 0.182. The number of phenolic OH excluding ortho intramolecular Hbond substituents is 1. The molecule has 1 aliphatic rings. The molecule has 4 aromatic rings. The summed E-state index contributed by atoms with van der Waals surface area (Å²) >= 11 is 0. The largest absolute Gasteiger partial charge is 0.508 e. The number of aromatic nitrogens is 4. The molecule has 0 atom stereocenters. The van der Waals surface area contributed by atoms with Crippen molar-refractivity contribution < 1.29 is 5.11 Å². The Morgan fingerprint density at radius 3 is 2.14 bits per heavy atom. The first kappa shape index (κ1) is 17.4. The van der Waals surface area contributed by atoms with Gasteiger partial charge < -0.3 is 14.9 Å². The zero-order chi connectivity index (χ0) is 19.6. The van der Waals surface area contributed by atoms with Gasteiger partial charge in [0, 0.05) is 38.6 Å². The SMILES string of the molecule is Oc1ccc(-c2ccc3ncc(N4CCN(c5cnccn5)CC4)nc3c2)cc1. The van der Waals surface area contributed by atoms with E-state index in [0.717, 1.165) is 60.0 Å². The third-order valence-electron chi connectivity index (χ3n) is 5.21. The first-order valence-corrected chi connectivity index (χ1v) is 9.58. The van der Waals surface area contributed by atoms with Crippen LogP contribution in [0.5, 0.6) is 5.75 Å². The van der Waals surface area contributed by atoms with E-state index in [1.807, 2.05) is 36.5 Å². The molecular formula is C22H20N6O. The van der Waals surface area contributed by atoms with Crippen LogP contribution in [0.3, 0.4) is 0 Å². The Labute approximate surface area is 168 Å². The van der Waals surface area contributed by atoms with E-state index in [2.05, 4.69) is 24.8 Å². The lowest BCUT2D eigenvalue weighted by atomic mass is 10.0. The number of hydrogen-bond donors (Lipinski definition) is 1. The summed E-state index contributed by atoms with van der Waals surface area (Å²) in [7, 11) is 0. The summed E-state index contributed by atoms with van der Waals surface area (Å²) in [6.45, 7) is 3.45. The number of anilines is 2. The van der Waals surface area contributed by atoms with E-state index in [1.54, 1.807) is 30.7 Å². The van der Waals surface area contributed by atoms with Crippen molar-refractivity contribution >= 4 is 22.7 Å². The number of rotatable bonds is 3. The van der Waals surface area contributed by atoms with Gasteiger partial charge in [0.05, 0.1) is 23.4 Å². The average Bonchev–Trinajstić information content (AvgIpc) is 2.79. The smallest absolute Gasteiger partial charge is 0.147 e. The second-order valence-electron chi connectivity index (χ2n) is 7.02. The van der Waals surface area contributed by atoms with Crippen LogP contribution >= 0.6 is 0 Å². The predicted molar refractivity (Wildman–Crippen MR) is 113 cm³/mol. The minimum Gasteiger partial charge on any atom is -0.508 e. The van der Waals surface area contributed by atoms with E-state index in [0.29, 0.717) is 0 Å². The molecule has 1 aliphatic heterocycles. The van der Waals surface area contributed by atoms with Crippen LogP contribution in [0, 0.1) is 0 Å². The molecule has 0 saturated carbocycles. The van der Waals surface area contributed by atoms with Crippen molar-refractivity contribution in [1.82, 2.24) is 19.9 Å². The highest BCUT2D eigenvalue weighted by molar-refractivity contribution is 5.82. The van der Waals surface area contributed by atoms with E-state index in [4.69, 9.17) is 4.98 Å². The molecule has 0 bridgehead atoms. The number of benzene rings is 2. The Bertz CT molecular complexity index is 1130. The monoisotopic (exact) mass is 384 g/mol. The molecule has 0 unspecified atom stereocenters. The maximum Gasteiger partial charge on any atom is 0.147 e. The lowest BCUT2D eigenvalue weighted by Crippen LogP contribution is -2.47. The first-order chi connectivity index (χ1) is 14.3. The molecule has 7 heteroatoms. The van der Waals surface area contributed by atoms with Crippen LogP contribution in [0.15, 0.2) is 67.3 Å². The molecule has 144 valence electrons. The summed E-state index contributed by atoms with van der Waals surface area (Å²) in [5, 5.41) is 9.51. The van der Waals surface area contributed by atoms with Gasteiger partial charge in [-0.1, -0.05) is 18.2 Å². The van der Waals surface area contributed by atoms with E-state index in [-0.39, 0.29) is 5.75 Å². The molecule has 0 radical (unpaired) electrons. The quantitative estimate of drug-likeness (QED) is 0.581. The normalized spacial score (nSPS) is 14.3. The van der Waals surface area contributed by atoms with Crippen molar-refractivity contribution in [2.45, 2.75) is 0 Å². The number of nitrogens with zero attached hydrogens (tertiary/aromatic N) is 6. The maximum absolute atomic E-state index is 9.51. The molecule has 0 aliphatic carbocycles. The van der Waals surface area contributed by atoms with Crippen molar-refractivity contribution in [3.63, 3.8) is 0 Å². The van der Waals surface area contributed by atoms with Gasteiger partial charge in [-0.2, -0.15) is 0 Å². The molecule has 29 heavy (non-hydrogen) atoms. The average molecular weight is 384 g/mol.